The van der Waals surface area contributed by atoms with Crippen molar-refractivity contribution in [2.45, 2.75) is 13.3 Å². The monoisotopic (exact) mass is 419 g/mol. The number of aromatic nitrogens is 1. The molecule has 1 amide bonds. The van der Waals surface area contributed by atoms with Crippen LogP contribution < -0.4 is 5.32 Å². The number of halogens is 3. The predicted octanol–water partition coefficient (Wildman–Crippen LogP) is 3.58. The maximum absolute atomic E-state index is 12.9. The van der Waals surface area contributed by atoms with Gasteiger partial charge in [-0.1, -0.05) is 15.9 Å². The van der Waals surface area contributed by atoms with Crippen LogP contribution >= 0.6 is 40.7 Å². The lowest BCUT2D eigenvalue weighted by atomic mass is 10.1. The number of rotatable bonds is 1. The zero-order valence-corrected chi connectivity index (χ0v) is 16.1. The van der Waals surface area contributed by atoms with Crippen molar-refractivity contribution in [1.29, 1.82) is 0 Å². The van der Waals surface area contributed by atoms with E-state index in [9.17, 15) is 4.79 Å². The van der Waals surface area contributed by atoms with E-state index in [1.54, 1.807) is 0 Å². The van der Waals surface area contributed by atoms with Gasteiger partial charge in [-0.05, 0) is 44.2 Å². The van der Waals surface area contributed by atoms with Crippen LogP contribution in [0.15, 0.2) is 28.7 Å². The molecule has 0 radical (unpaired) electrons. The van der Waals surface area contributed by atoms with E-state index in [0.717, 1.165) is 59.2 Å². The Bertz CT molecular complexity index is 688. The summed E-state index contributed by atoms with van der Waals surface area (Å²) in [5.74, 6) is 0.104. The number of aryl methyl sites for hydroxylation is 1. The van der Waals surface area contributed by atoms with Crippen molar-refractivity contribution in [3.05, 3.63) is 40.0 Å². The number of benzene rings is 1. The molecule has 1 aliphatic rings. The lowest BCUT2D eigenvalue weighted by molar-refractivity contribution is 0.0768. The highest BCUT2D eigenvalue weighted by Gasteiger charge is 2.20. The molecule has 4 nitrogen and oxygen atoms in total. The van der Waals surface area contributed by atoms with Gasteiger partial charge in [0, 0.05) is 35.2 Å². The Balaban J connectivity index is 0.00000132. The third-order valence-electron chi connectivity index (χ3n) is 3.76. The summed E-state index contributed by atoms with van der Waals surface area (Å²) in [7, 11) is 0. The number of hydrogen-bond donors (Lipinski definition) is 1. The fourth-order valence-electron chi connectivity index (χ4n) is 2.73. The second-order valence-corrected chi connectivity index (χ2v) is 6.28. The van der Waals surface area contributed by atoms with Crippen molar-refractivity contribution in [1.82, 2.24) is 15.2 Å². The highest BCUT2D eigenvalue weighted by Crippen LogP contribution is 2.24. The van der Waals surface area contributed by atoms with Gasteiger partial charge >= 0.3 is 0 Å². The average molecular weight is 421 g/mol. The van der Waals surface area contributed by atoms with E-state index < -0.39 is 0 Å². The summed E-state index contributed by atoms with van der Waals surface area (Å²) in [5, 5.41) is 4.24. The van der Waals surface area contributed by atoms with Gasteiger partial charge in [0.05, 0.1) is 11.1 Å². The van der Waals surface area contributed by atoms with Crippen molar-refractivity contribution in [3.63, 3.8) is 0 Å². The highest BCUT2D eigenvalue weighted by molar-refractivity contribution is 9.10. The first kappa shape index (κ1) is 20.2. The summed E-state index contributed by atoms with van der Waals surface area (Å²) < 4.78 is 0.965. The molecule has 1 aromatic carbocycles. The van der Waals surface area contributed by atoms with Gasteiger partial charge in [-0.25, -0.2) is 0 Å². The molecule has 126 valence electrons. The Morgan fingerprint density at radius 3 is 2.78 bits per heavy atom. The Hall–Kier alpha value is -0.880. The van der Waals surface area contributed by atoms with Crippen molar-refractivity contribution in [2.75, 3.05) is 26.2 Å². The van der Waals surface area contributed by atoms with Crippen molar-refractivity contribution >= 4 is 57.6 Å². The molecule has 0 bridgehead atoms. The molecular formula is C16H20BrCl2N3O. The van der Waals surface area contributed by atoms with E-state index in [1.807, 2.05) is 36.1 Å². The average Bonchev–Trinajstić information content (AvgIpc) is 2.75. The number of amides is 1. The number of carbonyl (C=O) groups is 1. The normalized spacial score (nSPS) is 14.6. The fraction of sp³-hybridized carbons (Fsp3) is 0.375. The van der Waals surface area contributed by atoms with E-state index in [1.165, 1.54) is 0 Å². The number of hydrogen-bond acceptors (Lipinski definition) is 3. The van der Waals surface area contributed by atoms with Crippen LogP contribution in [-0.4, -0.2) is 42.0 Å². The Morgan fingerprint density at radius 1 is 1.22 bits per heavy atom. The first-order chi connectivity index (χ1) is 10.1. The number of fused-ring (bicyclic) bond motifs is 1. The van der Waals surface area contributed by atoms with Crippen molar-refractivity contribution < 1.29 is 4.79 Å². The Kier molecular flexibility index (Phi) is 7.74. The molecule has 3 rings (SSSR count). The summed E-state index contributed by atoms with van der Waals surface area (Å²) in [6.07, 6.45) is 0.997. The number of carbonyl (C=O) groups excluding carboxylic acids is 1. The van der Waals surface area contributed by atoms with Crippen LogP contribution in [0.3, 0.4) is 0 Å². The van der Waals surface area contributed by atoms with Gasteiger partial charge in [-0.15, -0.1) is 24.8 Å². The van der Waals surface area contributed by atoms with E-state index in [0.29, 0.717) is 0 Å². The molecule has 23 heavy (non-hydrogen) atoms. The van der Waals surface area contributed by atoms with E-state index in [4.69, 9.17) is 0 Å². The van der Waals surface area contributed by atoms with Crippen molar-refractivity contribution in [3.8, 4) is 0 Å². The Morgan fingerprint density at radius 2 is 2.00 bits per heavy atom. The summed E-state index contributed by atoms with van der Waals surface area (Å²) in [4.78, 5) is 19.3. The van der Waals surface area contributed by atoms with Gasteiger partial charge in [-0.3, -0.25) is 9.78 Å². The van der Waals surface area contributed by atoms with Gasteiger partial charge < -0.3 is 10.2 Å². The predicted molar refractivity (Wildman–Crippen MR) is 102 cm³/mol. The number of nitrogens with one attached hydrogen (secondary N) is 1. The maximum atomic E-state index is 12.9. The highest BCUT2D eigenvalue weighted by atomic mass is 79.9. The second-order valence-electron chi connectivity index (χ2n) is 5.37. The van der Waals surface area contributed by atoms with Crippen LogP contribution in [0.5, 0.6) is 0 Å². The lowest BCUT2D eigenvalue weighted by Crippen LogP contribution is -2.34. The van der Waals surface area contributed by atoms with Gasteiger partial charge in [0.25, 0.3) is 5.91 Å². The first-order valence-corrected chi connectivity index (χ1v) is 8.01. The molecule has 1 fully saturated rings. The molecule has 2 heterocycles. The van der Waals surface area contributed by atoms with Crippen LogP contribution in [0, 0.1) is 6.92 Å². The minimum absolute atomic E-state index is 0. The van der Waals surface area contributed by atoms with Crippen LogP contribution in [0.25, 0.3) is 10.9 Å². The molecule has 0 atom stereocenters. The van der Waals surface area contributed by atoms with Gasteiger partial charge in [0.2, 0.25) is 0 Å². The molecule has 0 unspecified atom stereocenters. The molecule has 2 aromatic rings. The lowest BCUT2D eigenvalue weighted by Gasteiger charge is -2.21. The quantitative estimate of drug-likeness (QED) is 0.766. The summed E-state index contributed by atoms with van der Waals surface area (Å²) in [6.45, 7) is 5.34. The van der Waals surface area contributed by atoms with Crippen LogP contribution in [0.1, 0.15) is 22.5 Å². The molecule has 1 saturated heterocycles. The van der Waals surface area contributed by atoms with E-state index in [-0.39, 0.29) is 30.7 Å². The number of pyridine rings is 1. The third-order valence-corrected chi connectivity index (χ3v) is 4.25. The minimum Gasteiger partial charge on any atom is -0.337 e. The largest absolute Gasteiger partial charge is 0.337 e. The molecule has 1 aromatic heterocycles. The van der Waals surface area contributed by atoms with Crippen LogP contribution in [0.4, 0.5) is 0 Å². The van der Waals surface area contributed by atoms with Gasteiger partial charge in [-0.2, -0.15) is 0 Å². The molecule has 1 aliphatic heterocycles. The molecular weight excluding hydrogens is 401 g/mol. The van der Waals surface area contributed by atoms with E-state index >= 15 is 0 Å². The zero-order valence-electron chi connectivity index (χ0n) is 12.8. The molecule has 7 heteroatoms. The smallest absolute Gasteiger partial charge is 0.254 e. The maximum Gasteiger partial charge on any atom is 0.254 e. The molecule has 0 aliphatic carbocycles. The summed E-state index contributed by atoms with van der Waals surface area (Å²) in [6, 6.07) is 7.78. The van der Waals surface area contributed by atoms with Crippen LogP contribution in [-0.2, 0) is 0 Å². The molecule has 1 N–H and O–H groups in total. The molecule has 0 spiro atoms. The topological polar surface area (TPSA) is 45.2 Å². The van der Waals surface area contributed by atoms with Crippen molar-refractivity contribution in [2.24, 2.45) is 0 Å². The van der Waals surface area contributed by atoms with Crippen LogP contribution in [0.2, 0.25) is 0 Å². The molecule has 0 saturated carbocycles. The minimum atomic E-state index is 0. The summed E-state index contributed by atoms with van der Waals surface area (Å²) >= 11 is 3.48. The second kappa shape index (κ2) is 8.83. The van der Waals surface area contributed by atoms with Gasteiger partial charge in [0.15, 0.2) is 0 Å². The SMILES string of the molecule is Cc1cc(C(=O)N2CCCNCC2)c2cc(Br)ccc2n1.Cl.Cl. The van der Waals surface area contributed by atoms with E-state index in [2.05, 4.69) is 26.2 Å². The third kappa shape index (κ3) is 4.57. The summed E-state index contributed by atoms with van der Waals surface area (Å²) in [5.41, 5.74) is 2.50. The fourth-order valence-corrected chi connectivity index (χ4v) is 3.09. The number of nitrogens with zero attached hydrogens (tertiary/aromatic N) is 2. The first-order valence-electron chi connectivity index (χ1n) is 7.22. The van der Waals surface area contributed by atoms with Gasteiger partial charge in [0.1, 0.15) is 0 Å². The standard InChI is InChI=1S/C16H18BrN3O.2ClH/c1-11-9-14(13-10-12(17)3-4-15(13)19-11)16(21)20-7-2-5-18-6-8-20;;/h3-4,9-10,18H,2,5-8H2,1H3;2*1H. The Labute approximate surface area is 157 Å². The zero-order chi connectivity index (χ0) is 14.8.